The molecule has 26 heavy (non-hydrogen) atoms. The van der Waals surface area contributed by atoms with Crippen molar-refractivity contribution in [3.05, 3.63) is 71.4 Å². The van der Waals surface area contributed by atoms with Gasteiger partial charge in [-0.3, -0.25) is 9.59 Å². The Labute approximate surface area is 148 Å². The molecule has 0 saturated heterocycles. The number of hydrogen-bond acceptors (Lipinski definition) is 4. The van der Waals surface area contributed by atoms with Crippen molar-refractivity contribution < 1.29 is 23.5 Å². The van der Waals surface area contributed by atoms with Crippen LogP contribution in [0.25, 0.3) is 5.57 Å². The van der Waals surface area contributed by atoms with Crippen molar-refractivity contribution in [2.75, 3.05) is 25.1 Å². The van der Waals surface area contributed by atoms with Gasteiger partial charge in [0.15, 0.2) is 0 Å². The zero-order valence-electron chi connectivity index (χ0n) is 13.9. The summed E-state index contributed by atoms with van der Waals surface area (Å²) in [5.74, 6) is -2.31. The molecule has 1 aliphatic rings. The number of carbonyl (C=O) groups excluding carboxylic acids is 2. The normalized spacial score (nSPS) is 14.4. The summed E-state index contributed by atoms with van der Waals surface area (Å²) in [6, 6.07) is 10.3. The van der Waals surface area contributed by atoms with Crippen molar-refractivity contribution in [2.24, 2.45) is 0 Å². The average molecular weight is 358 g/mol. The number of hydrogen-bond donors (Lipinski definition) is 1. The third-order valence-corrected chi connectivity index (χ3v) is 4.08. The average Bonchev–Trinajstić information content (AvgIpc) is 2.86. The summed E-state index contributed by atoms with van der Waals surface area (Å²) in [5, 5.41) is 9.19. The van der Waals surface area contributed by atoms with Gasteiger partial charge in [0.1, 0.15) is 17.3 Å². The predicted octanol–water partition coefficient (Wildman–Crippen LogP) is 2.17. The third kappa shape index (κ3) is 3.09. The van der Waals surface area contributed by atoms with Crippen molar-refractivity contribution in [2.45, 2.75) is 0 Å². The van der Waals surface area contributed by atoms with E-state index in [0.29, 0.717) is 5.56 Å². The number of imide groups is 1. The van der Waals surface area contributed by atoms with E-state index in [9.17, 15) is 23.5 Å². The molecule has 0 aliphatic carbocycles. The lowest BCUT2D eigenvalue weighted by molar-refractivity contribution is -0.120. The summed E-state index contributed by atoms with van der Waals surface area (Å²) < 4.78 is 26.8. The highest BCUT2D eigenvalue weighted by Crippen LogP contribution is 2.34. The van der Waals surface area contributed by atoms with Crippen LogP contribution >= 0.6 is 0 Å². The molecule has 0 saturated carbocycles. The van der Waals surface area contributed by atoms with Gasteiger partial charge < -0.3 is 10.0 Å². The summed E-state index contributed by atoms with van der Waals surface area (Å²) in [4.78, 5) is 28.2. The number of carbonyl (C=O) groups is 2. The number of aliphatic hydroxyl groups is 1. The Morgan fingerprint density at radius 2 is 1.69 bits per heavy atom. The number of benzene rings is 2. The fourth-order valence-corrected chi connectivity index (χ4v) is 2.86. The quantitative estimate of drug-likeness (QED) is 0.833. The minimum absolute atomic E-state index is 0.0694. The van der Waals surface area contributed by atoms with Crippen LogP contribution in [0.5, 0.6) is 0 Å². The third-order valence-electron chi connectivity index (χ3n) is 4.08. The van der Waals surface area contributed by atoms with Crippen LogP contribution in [0.15, 0.2) is 54.2 Å². The van der Waals surface area contributed by atoms with Gasteiger partial charge in [-0.2, -0.15) is 0 Å². The van der Waals surface area contributed by atoms with Crippen LogP contribution in [0.1, 0.15) is 5.56 Å². The molecule has 0 aromatic heterocycles. The highest BCUT2D eigenvalue weighted by Gasteiger charge is 2.41. The topological polar surface area (TPSA) is 60.9 Å². The van der Waals surface area contributed by atoms with Crippen LogP contribution < -0.4 is 4.90 Å². The smallest absolute Gasteiger partial charge is 0.282 e. The van der Waals surface area contributed by atoms with Crippen molar-refractivity contribution in [3.8, 4) is 0 Å². The molecular weight excluding hydrogens is 342 g/mol. The van der Waals surface area contributed by atoms with Crippen LogP contribution in [-0.4, -0.2) is 42.0 Å². The van der Waals surface area contributed by atoms with Gasteiger partial charge in [0.2, 0.25) is 0 Å². The molecule has 1 heterocycles. The first-order valence-corrected chi connectivity index (χ1v) is 7.90. The lowest BCUT2D eigenvalue weighted by atomic mass is 10.0. The molecule has 3 rings (SSSR count). The Kier molecular flexibility index (Phi) is 4.81. The van der Waals surface area contributed by atoms with Crippen molar-refractivity contribution >= 4 is 23.1 Å². The van der Waals surface area contributed by atoms with Crippen molar-refractivity contribution in [1.29, 1.82) is 0 Å². The monoisotopic (exact) mass is 358 g/mol. The summed E-state index contributed by atoms with van der Waals surface area (Å²) in [6.45, 7) is -0.103. The molecule has 0 radical (unpaired) electrons. The van der Waals surface area contributed by atoms with Gasteiger partial charge in [-0.1, -0.05) is 18.2 Å². The predicted molar refractivity (Wildman–Crippen MR) is 91.9 cm³/mol. The Balaban J connectivity index is 2.13. The highest BCUT2D eigenvalue weighted by atomic mass is 19.1. The fourth-order valence-electron chi connectivity index (χ4n) is 2.86. The van der Waals surface area contributed by atoms with E-state index in [1.54, 1.807) is 7.05 Å². The Morgan fingerprint density at radius 1 is 1.00 bits per heavy atom. The van der Waals surface area contributed by atoms with E-state index in [1.807, 2.05) is 0 Å². The molecule has 0 atom stereocenters. The number of halogens is 2. The van der Waals surface area contributed by atoms with Gasteiger partial charge >= 0.3 is 0 Å². The molecular formula is C19H16F2N2O3. The van der Waals surface area contributed by atoms with Gasteiger partial charge in [-0.15, -0.1) is 0 Å². The summed E-state index contributed by atoms with van der Waals surface area (Å²) >= 11 is 0. The minimum atomic E-state index is -0.632. The molecule has 5 nitrogen and oxygen atoms in total. The van der Waals surface area contributed by atoms with Gasteiger partial charge in [0.05, 0.1) is 17.9 Å². The first-order valence-electron chi connectivity index (χ1n) is 7.90. The first-order chi connectivity index (χ1) is 12.4. The standard InChI is InChI=1S/C19H16F2N2O3/c1-22(9-10-24)17-16(12-5-7-13(20)8-6-12)18(25)23(19(17)26)15-4-2-3-14(21)11-15/h2-8,11,24H,9-10H2,1H3. The number of anilines is 1. The fraction of sp³-hybridized carbons (Fsp3) is 0.158. The Hall–Kier alpha value is -3.06. The lowest BCUT2D eigenvalue weighted by Crippen LogP contribution is -2.34. The van der Waals surface area contributed by atoms with E-state index in [0.717, 1.165) is 11.0 Å². The van der Waals surface area contributed by atoms with Crippen LogP contribution in [0.2, 0.25) is 0 Å². The number of rotatable bonds is 5. The molecule has 134 valence electrons. The van der Waals surface area contributed by atoms with Crippen molar-refractivity contribution in [3.63, 3.8) is 0 Å². The molecule has 7 heteroatoms. The number of nitrogens with zero attached hydrogens (tertiary/aromatic N) is 2. The molecule has 2 aromatic carbocycles. The maximum absolute atomic E-state index is 13.6. The number of aliphatic hydroxyl groups excluding tert-OH is 1. The molecule has 0 bridgehead atoms. The van der Waals surface area contributed by atoms with Crippen LogP contribution in [0.3, 0.4) is 0 Å². The van der Waals surface area contributed by atoms with E-state index in [4.69, 9.17) is 0 Å². The highest BCUT2D eigenvalue weighted by molar-refractivity contribution is 6.45. The maximum atomic E-state index is 13.6. The Bertz CT molecular complexity index is 894. The van der Waals surface area contributed by atoms with E-state index < -0.39 is 23.4 Å². The van der Waals surface area contributed by atoms with Crippen LogP contribution in [-0.2, 0) is 9.59 Å². The van der Waals surface area contributed by atoms with E-state index in [2.05, 4.69) is 0 Å². The molecule has 2 amide bonds. The lowest BCUT2D eigenvalue weighted by Gasteiger charge is -2.20. The first kappa shape index (κ1) is 17.8. The van der Waals surface area contributed by atoms with Gasteiger partial charge in [-0.05, 0) is 35.9 Å². The second-order valence-electron chi connectivity index (χ2n) is 5.80. The van der Waals surface area contributed by atoms with Crippen molar-refractivity contribution in [1.82, 2.24) is 4.90 Å². The molecule has 0 unspecified atom stereocenters. The number of likely N-dealkylation sites (N-methyl/N-ethyl adjacent to an activating group) is 1. The number of amides is 2. The molecule has 0 fully saturated rings. The maximum Gasteiger partial charge on any atom is 0.282 e. The van der Waals surface area contributed by atoms with E-state index in [1.165, 1.54) is 47.4 Å². The zero-order valence-corrected chi connectivity index (χ0v) is 13.9. The SMILES string of the molecule is CN(CCO)C1=C(c2ccc(F)cc2)C(=O)N(c2cccc(F)c2)C1=O. The minimum Gasteiger partial charge on any atom is -0.395 e. The van der Waals surface area contributed by atoms with E-state index in [-0.39, 0.29) is 30.1 Å². The largest absolute Gasteiger partial charge is 0.395 e. The molecule has 1 N–H and O–H groups in total. The second kappa shape index (κ2) is 7.05. The second-order valence-corrected chi connectivity index (χ2v) is 5.80. The van der Waals surface area contributed by atoms with Crippen LogP contribution in [0, 0.1) is 11.6 Å². The Morgan fingerprint density at radius 3 is 2.31 bits per heavy atom. The summed E-state index contributed by atoms with van der Waals surface area (Å²) in [5.41, 5.74) is 0.616. The van der Waals surface area contributed by atoms with Gasteiger partial charge in [0.25, 0.3) is 11.8 Å². The molecule has 1 aliphatic heterocycles. The van der Waals surface area contributed by atoms with E-state index >= 15 is 0 Å². The van der Waals surface area contributed by atoms with Crippen LogP contribution in [0.4, 0.5) is 14.5 Å². The summed E-state index contributed by atoms with van der Waals surface area (Å²) in [7, 11) is 1.56. The molecule has 2 aromatic rings. The van der Waals surface area contributed by atoms with Gasteiger partial charge in [-0.25, -0.2) is 13.7 Å². The van der Waals surface area contributed by atoms with Gasteiger partial charge in [0, 0.05) is 13.6 Å². The summed E-state index contributed by atoms with van der Waals surface area (Å²) in [6.07, 6.45) is 0. The zero-order chi connectivity index (χ0) is 18.8. The molecule has 0 spiro atoms.